The standard InChI is InChI=1S/C21H26O4/c1-15-11-13-16(14-12-15)17(22)7-4-3-5-10-20(25-2)21-18(23)8-6-9-19(21)24/h6,8-9,11-14,20,23-24H,3-5,7,10H2,1-2H3. The number of ether oxygens (including phenoxy) is 1. The van der Waals surface area contributed by atoms with Crippen LogP contribution in [-0.2, 0) is 4.74 Å². The average molecular weight is 342 g/mol. The van der Waals surface area contributed by atoms with Crippen LogP contribution in [0, 0.1) is 6.92 Å². The molecule has 2 aromatic carbocycles. The molecular formula is C21H26O4. The first kappa shape index (κ1) is 19.0. The maximum Gasteiger partial charge on any atom is 0.162 e. The van der Waals surface area contributed by atoms with Crippen molar-refractivity contribution in [1.29, 1.82) is 0 Å². The summed E-state index contributed by atoms with van der Waals surface area (Å²) in [6.07, 6.45) is 3.42. The largest absolute Gasteiger partial charge is 0.507 e. The SMILES string of the molecule is COC(CCCCCC(=O)c1ccc(C)cc1)c1c(O)cccc1O. The maximum atomic E-state index is 12.1. The Kier molecular flexibility index (Phi) is 7.02. The summed E-state index contributed by atoms with van der Waals surface area (Å²) in [7, 11) is 1.57. The van der Waals surface area contributed by atoms with Crippen molar-refractivity contribution in [3.8, 4) is 11.5 Å². The summed E-state index contributed by atoms with van der Waals surface area (Å²) in [5, 5.41) is 19.9. The lowest BCUT2D eigenvalue weighted by atomic mass is 9.99. The van der Waals surface area contributed by atoms with Crippen LogP contribution in [0.15, 0.2) is 42.5 Å². The summed E-state index contributed by atoms with van der Waals surface area (Å²) in [4.78, 5) is 12.1. The van der Waals surface area contributed by atoms with E-state index in [1.54, 1.807) is 25.3 Å². The van der Waals surface area contributed by atoms with E-state index >= 15 is 0 Å². The van der Waals surface area contributed by atoms with Crippen LogP contribution in [0.3, 0.4) is 0 Å². The summed E-state index contributed by atoms with van der Waals surface area (Å²) < 4.78 is 5.42. The zero-order chi connectivity index (χ0) is 18.2. The smallest absolute Gasteiger partial charge is 0.162 e. The van der Waals surface area contributed by atoms with Crippen LogP contribution in [0.2, 0.25) is 0 Å². The van der Waals surface area contributed by atoms with E-state index in [0.717, 1.165) is 30.4 Å². The predicted molar refractivity (Wildman–Crippen MR) is 98.1 cm³/mol. The van der Waals surface area contributed by atoms with Crippen molar-refractivity contribution in [2.45, 2.75) is 45.1 Å². The Morgan fingerprint density at radius 2 is 1.64 bits per heavy atom. The molecule has 0 aliphatic carbocycles. The number of hydrogen-bond donors (Lipinski definition) is 2. The van der Waals surface area contributed by atoms with Crippen molar-refractivity contribution < 1.29 is 19.7 Å². The van der Waals surface area contributed by atoms with Crippen LogP contribution < -0.4 is 0 Å². The number of phenols is 2. The molecule has 0 saturated heterocycles. The van der Waals surface area contributed by atoms with E-state index in [1.807, 2.05) is 31.2 Å². The molecule has 0 saturated carbocycles. The predicted octanol–water partition coefficient (Wildman–Crippen LogP) is 4.93. The molecule has 1 unspecified atom stereocenters. The van der Waals surface area contributed by atoms with Crippen molar-refractivity contribution in [2.24, 2.45) is 0 Å². The minimum Gasteiger partial charge on any atom is -0.507 e. The van der Waals surface area contributed by atoms with E-state index in [-0.39, 0.29) is 23.4 Å². The summed E-state index contributed by atoms with van der Waals surface area (Å²) in [5.74, 6) is 0.254. The topological polar surface area (TPSA) is 66.8 Å². The van der Waals surface area contributed by atoms with Gasteiger partial charge in [-0.2, -0.15) is 0 Å². The van der Waals surface area contributed by atoms with Crippen LogP contribution in [0.1, 0.15) is 59.7 Å². The molecular weight excluding hydrogens is 316 g/mol. The molecule has 134 valence electrons. The van der Waals surface area contributed by atoms with Crippen LogP contribution in [0.4, 0.5) is 0 Å². The summed E-state index contributed by atoms with van der Waals surface area (Å²) in [6.45, 7) is 2.00. The number of aryl methyl sites for hydroxylation is 1. The number of Topliss-reactive ketones (excluding diaryl/α,β-unsaturated/α-hetero) is 1. The van der Waals surface area contributed by atoms with Gasteiger partial charge in [-0.25, -0.2) is 0 Å². The molecule has 0 spiro atoms. The van der Waals surface area contributed by atoms with E-state index in [2.05, 4.69) is 0 Å². The Labute approximate surface area is 149 Å². The van der Waals surface area contributed by atoms with E-state index in [4.69, 9.17) is 4.74 Å². The fourth-order valence-corrected chi connectivity index (χ4v) is 2.93. The number of rotatable bonds is 9. The number of phenolic OH excluding ortho intramolecular Hbond substituents is 2. The van der Waals surface area contributed by atoms with Gasteiger partial charge >= 0.3 is 0 Å². The molecule has 0 aromatic heterocycles. The van der Waals surface area contributed by atoms with Gasteiger partial charge in [-0.3, -0.25) is 4.79 Å². The zero-order valence-corrected chi connectivity index (χ0v) is 14.9. The Morgan fingerprint density at radius 1 is 1.00 bits per heavy atom. The Bertz CT molecular complexity index is 671. The normalized spacial score (nSPS) is 12.1. The molecule has 0 fully saturated rings. The van der Waals surface area contributed by atoms with E-state index < -0.39 is 0 Å². The first-order valence-corrected chi connectivity index (χ1v) is 8.66. The van der Waals surface area contributed by atoms with Crippen molar-refractivity contribution in [3.05, 3.63) is 59.2 Å². The van der Waals surface area contributed by atoms with Gasteiger partial charge in [-0.05, 0) is 31.9 Å². The van der Waals surface area contributed by atoms with E-state index in [0.29, 0.717) is 18.4 Å². The molecule has 4 nitrogen and oxygen atoms in total. The fourth-order valence-electron chi connectivity index (χ4n) is 2.93. The van der Waals surface area contributed by atoms with Gasteiger partial charge in [-0.15, -0.1) is 0 Å². The van der Waals surface area contributed by atoms with E-state index in [9.17, 15) is 15.0 Å². The number of ketones is 1. The highest BCUT2D eigenvalue weighted by Crippen LogP contribution is 2.36. The van der Waals surface area contributed by atoms with Gasteiger partial charge in [0.15, 0.2) is 5.78 Å². The lowest BCUT2D eigenvalue weighted by molar-refractivity contribution is 0.0882. The Morgan fingerprint density at radius 3 is 2.24 bits per heavy atom. The second kappa shape index (κ2) is 9.23. The highest BCUT2D eigenvalue weighted by molar-refractivity contribution is 5.96. The highest BCUT2D eigenvalue weighted by Gasteiger charge is 2.18. The Hall–Kier alpha value is -2.33. The van der Waals surface area contributed by atoms with Crippen LogP contribution in [-0.4, -0.2) is 23.1 Å². The molecule has 0 aliphatic rings. The molecule has 1 atom stereocenters. The average Bonchev–Trinajstić information content (AvgIpc) is 2.60. The molecule has 0 aliphatic heterocycles. The second-order valence-corrected chi connectivity index (χ2v) is 6.32. The van der Waals surface area contributed by atoms with Gasteiger partial charge in [0, 0.05) is 19.1 Å². The molecule has 25 heavy (non-hydrogen) atoms. The van der Waals surface area contributed by atoms with E-state index in [1.165, 1.54) is 0 Å². The van der Waals surface area contributed by atoms with Crippen molar-refractivity contribution in [3.63, 3.8) is 0 Å². The minimum atomic E-state index is -0.353. The minimum absolute atomic E-state index is 0.0430. The third-order valence-corrected chi connectivity index (χ3v) is 4.41. The number of benzene rings is 2. The van der Waals surface area contributed by atoms with Crippen molar-refractivity contribution in [2.75, 3.05) is 7.11 Å². The van der Waals surface area contributed by atoms with Gasteiger partial charge in [0.2, 0.25) is 0 Å². The summed E-state index contributed by atoms with van der Waals surface area (Å²) >= 11 is 0. The molecule has 0 heterocycles. The van der Waals surface area contributed by atoms with Crippen molar-refractivity contribution >= 4 is 5.78 Å². The molecule has 2 N–H and O–H groups in total. The quantitative estimate of drug-likeness (QED) is 0.501. The van der Waals surface area contributed by atoms with Gasteiger partial charge in [0.25, 0.3) is 0 Å². The van der Waals surface area contributed by atoms with Crippen molar-refractivity contribution in [1.82, 2.24) is 0 Å². The third kappa shape index (κ3) is 5.33. The monoisotopic (exact) mass is 342 g/mol. The third-order valence-electron chi connectivity index (χ3n) is 4.41. The van der Waals surface area contributed by atoms with Crippen LogP contribution in [0.5, 0.6) is 11.5 Å². The molecule has 0 radical (unpaired) electrons. The first-order chi connectivity index (χ1) is 12.0. The van der Waals surface area contributed by atoms with Crippen LogP contribution >= 0.6 is 0 Å². The molecule has 2 rings (SSSR count). The first-order valence-electron chi connectivity index (χ1n) is 8.66. The van der Waals surface area contributed by atoms with Gasteiger partial charge in [0.05, 0.1) is 11.7 Å². The summed E-state index contributed by atoms with van der Waals surface area (Å²) in [6, 6.07) is 12.3. The number of hydrogen-bond acceptors (Lipinski definition) is 4. The highest BCUT2D eigenvalue weighted by atomic mass is 16.5. The number of unbranched alkanes of at least 4 members (excludes halogenated alkanes) is 2. The fraction of sp³-hybridized carbons (Fsp3) is 0.381. The van der Waals surface area contributed by atoms with Gasteiger partial charge in [0.1, 0.15) is 11.5 Å². The summed E-state index contributed by atoms with van der Waals surface area (Å²) in [5.41, 5.74) is 2.34. The molecule has 0 amide bonds. The maximum absolute atomic E-state index is 12.1. The zero-order valence-electron chi connectivity index (χ0n) is 14.9. The van der Waals surface area contributed by atoms with Gasteiger partial charge < -0.3 is 14.9 Å². The molecule has 0 bridgehead atoms. The molecule has 4 heteroatoms. The number of carbonyl (C=O) groups excluding carboxylic acids is 1. The second-order valence-electron chi connectivity index (χ2n) is 6.32. The van der Waals surface area contributed by atoms with Crippen LogP contribution in [0.25, 0.3) is 0 Å². The number of methoxy groups -OCH3 is 1. The lowest BCUT2D eigenvalue weighted by Crippen LogP contribution is -2.03. The number of aromatic hydroxyl groups is 2. The number of carbonyl (C=O) groups is 1. The molecule has 2 aromatic rings. The Balaban J connectivity index is 1.78. The van der Waals surface area contributed by atoms with Gasteiger partial charge in [-0.1, -0.05) is 48.7 Å². The lowest BCUT2D eigenvalue weighted by Gasteiger charge is -2.18.